The van der Waals surface area contributed by atoms with Gasteiger partial charge in [-0.05, 0) is 42.5 Å². The van der Waals surface area contributed by atoms with Crippen molar-refractivity contribution in [1.82, 2.24) is 0 Å². The molecule has 0 aliphatic carbocycles. The van der Waals surface area contributed by atoms with Crippen LogP contribution in [0.5, 0.6) is 5.75 Å². The molecule has 0 unspecified atom stereocenters. The van der Waals surface area contributed by atoms with Crippen molar-refractivity contribution >= 4 is 39.4 Å². The van der Waals surface area contributed by atoms with E-state index in [9.17, 15) is 5.11 Å². The molecule has 86 valence electrons. The van der Waals surface area contributed by atoms with E-state index >= 15 is 0 Å². The molecule has 2 nitrogen and oxygen atoms in total. The number of hydrogen-bond acceptors (Lipinski definition) is 2. The van der Waals surface area contributed by atoms with Crippen LogP contribution in [0.2, 0.25) is 5.02 Å². The summed E-state index contributed by atoms with van der Waals surface area (Å²) in [7, 11) is 0. The fraction of sp³-hybridized carbons (Fsp3) is 0. The van der Waals surface area contributed by atoms with Gasteiger partial charge in [-0.25, -0.2) is 0 Å². The molecule has 0 atom stereocenters. The Morgan fingerprint density at radius 3 is 2.47 bits per heavy atom. The predicted octanol–water partition coefficient (Wildman–Crippen LogP) is 4.56. The lowest BCUT2D eigenvalue weighted by Crippen LogP contribution is -1.81. The first-order valence-electron chi connectivity index (χ1n) is 4.93. The van der Waals surface area contributed by atoms with E-state index in [1.54, 1.807) is 30.5 Å². The van der Waals surface area contributed by atoms with Gasteiger partial charge in [0.05, 0.1) is 5.69 Å². The number of rotatable bonds is 2. The number of nitrogens with zero attached hydrogens (tertiary/aromatic N) is 1. The van der Waals surface area contributed by atoms with Crippen molar-refractivity contribution in [2.24, 2.45) is 4.99 Å². The molecule has 0 aromatic heterocycles. The number of aromatic hydroxyl groups is 1. The summed E-state index contributed by atoms with van der Waals surface area (Å²) in [5.74, 6) is 0.192. The number of benzene rings is 2. The van der Waals surface area contributed by atoms with Crippen molar-refractivity contribution in [2.75, 3.05) is 0 Å². The highest BCUT2D eigenvalue weighted by atomic mass is 79.9. The number of phenolic OH excluding ortho intramolecular Hbond substituents is 1. The zero-order chi connectivity index (χ0) is 12.3. The lowest BCUT2D eigenvalue weighted by atomic mass is 10.2. The Bertz CT molecular complexity index is 552. The third kappa shape index (κ3) is 3.32. The first kappa shape index (κ1) is 12.1. The number of hydrogen-bond donors (Lipinski definition) is 1. The Kier molecular flexibility index (Phi) is 3.82. The lowest BCUT2D eigenvalue weighted by Gasteiger charge is -1.99. The van der Waals surface area contributed by atoms with Gasteiger partial charge in [0.25, 0.3) is 0 Å². The smallest absolute Gasteiger partial charge is 0.125 e. The number of phenols is 1. The van der Waals surface area contributed by atoms with Crippen molar-refractivity contribution in [3.63, 3.8) is 0 Å². The largest absolute Gasteiger partial charge is 0.507 e. The summed E-state index contributed by atoms with van der Waals surface area (Å²) in [5, 5.41) is 10.3. The molecule has 0 saturated carbocycles. The highest BCUT2D eigenvalue weighted by Crippen LogP contribution is 2.22. The third-order valence-corrected chi connectivity index (χ3v) is 2.92. The zero-order valence-corrected chi connectivity index (χ0v) is 11.1. The van der Waals surface area contributed by atoms with Gasteiger partial charge in [0.1, 0.15) is 5.75 Å². The van der Waals surface area contributed by atoms with Crippen LogP contribution in [0.1, 0.15) is 5.56 Å². The Morgan fingerprint density at radius 1 is 1.12 bits per heavy atom. The maximum Gasteiger partial charge on any atom is 0.125 e. The van der Waals surface area contributed by atoms with Crippen LogP contribution in [0.25, 0.3) is 0 Å². The van der Waals surface area contributed by atoms with Crippen molar-refractivity contribution < 1.29 is 5.11 Å². The van der Waals surface area contributed by atoms with Crippen LogP contribution < -0.4 is 0 Å². The SMILES string of the molecule is Oc1cc(Br)ccc1C=Nc1ccc(Cl)cc1. The molecule has 2 aromatic rings. The second kappa shape index (κ2) is 5.34. The summed E-state index contributed by atoms with van der Waals surface area (Å²) in [6.45, 7) is 0. The van der Waals surface area contributed by atoms with E-state index in [1.807, 2.05) is 18.2 Å². The van der Waals surface area contributed by atoms with Gasteiger partial charge in [0.2, 0.25) is 0 Å². The average Bonchev–Trinajstić information content (AvgIpc) is 2.30. The molecule has 2 aromatic carbocycles. The van der Waals surface area contributed by atoms with Crippen LogP contribution in [0, 0.1) is 0 Å². The molecule has 4 heteroatoms. The lowest BCUT2D eigenvalue weighted by molar-refractivity contribution is 0.474. The van der Waals surface area contributed by atoms with Gasteiger partial charge in [-0.2, -0.15) is 0 Å². The monoisotopic (exact) mass is 309 g/mol. The normalized spacial score (nSPS) is 10.9. The van der Waals surface area contributed by atoms with E-state index in [2.05, 4.69) is 20.9 Å². The van der Waals surface area contributed by atoms with E-state index < -0.39 is 0 Å². The van der Waals surface area contributed by atoms with Crippen LogP contribution in [0.15, 0.2) is 51.9 Å². The summed E-state index contributed by atoms with van der Waals surface area (Å²) in [5.41, 5.74) is 1.46. The quantitative estimate of drug-likeness (QED) is 0.810. The molecule has 0 aliphatic rings. The van der Waals surface area contributed by atoms with E-state index in [-0.39, 0.29) is 5.75 Å². The van der Waals surface area contributed by atoms with Gasteiger partial charge >= 0.3 is 0 Å². The maximum atomic E-state index is 9.67. The minimum absolute atomic E-state index is 0.192. The van der Waals surface area contributed by atoms with Crippen molar-refractivity contribution in [3.8, 4) is 5.75 Å². The molecule has 0 bridgehead atoms. The summed E-state index contributed by atoms with van der Waals surface area (Å²) in [4.78, 5) is 4.25. The van der Waals surface area contributed by atoms with E-state index in [0.717, 1.165) is 10.2 Å². The van der Waals surface area contributed by atoms with Crippen LogP contribution in [0.4, 0.5) is 5.69 Å². The zero-order valence-electron chi connectivity index (χ0n) is 8.77. The molecule has 1 N–H and O–H groups in total. The molecular formula is C13H9BrClNO. The number of halogens is 2. The van der Waals surface area contributed by atoms with Gasteiger partial charge in [0, 0.05) is 21.3 Å². The van der Waals surface area contributed by atoms with Crippen LogP contribution >= 0.6 is 27.5 Å². The van der Waals surface area contributed by atoms with Crippen LogP contribution in [-0.4, -0.2) is 11.3 Å². The standard InChI is InChI=1S/C13H9BrClNO/c14-10-2-1-9(13(17)7-10)8-16-12-5-3-11(15)4-6-12/h1-8,17H. The van der Waals surface area contributed by atoms with Crippen molar-refractivity contribution in [1.29, 1.82) is 0 Å². The third-order valence-electron chi connectivity index (χ3n) is 2.17. The summed E-state index contributed by atoms with van der Waals surface area (Å²) in [6.07, 6.45) is 1.62. The molecule has 0 amide bonds. The molecular weight excluding hydrogens is 302 g/mol. The fourth-order valence-electron chi connectivity index (χ4n) is 1.30. The fourth-order valence-corrected chi connectivity index (χ4v) is 1.77. The highest BCUT2D eigenvalue weighted by molar-refractivity contribution is 9.10. The van der Waals surface area contributed by atoms with Crippen LogP contribution in [0.3, 0.4) is 0 Å². The second-order valence-corrected chi connectivity index (χ2v) is 4.79. The molecule has 0 spiro atoms. The molecule has 2 rings (SSSR count). The van der Waals surface area contributed by atoms with Gasteiger partial charge in [-0.3, -0.25) is 4.99 Å². The summed E-state index contributed by atoms with van der Waals surface area (Å²) in [6, 6.07) is 12.4. The highest BCUT2D eigenvalue weighted by Gasteiger charge is 1.98. The van der Waals surface area contributed by atoms with Gasteiger partial charge in [0.15, 0.2) is 0 Å². The van der Waals surface area contributed by atoms with E-state index in [0.29, 0.717) is 10.6 Å². The summed E-state index contributed by atoms with van der Waals surface area (Å²) < 4.78 is 0.832. The Labute approximate surface area is 113 Å². The minimum atomic E-state index is 0.192. The molecule has 17 heavy (non-hydrogen) atoms. The number of aliphatic imine (C=N–C) groups is 1. The first-order valence-corrected chi connectivity index (χ1v) is 6.10. The molecule has 0 fully saturated rings. The maximum absolute atomic E-state index is 9.67. The minimum Gasteiger partial charge on any atom is -0.507 e. The predicted molar refractivity (Wildman–Crippen MR) is 74.5 cm³/mol. The van der Waals surface area contributed by atoms with E-state index in [4.69, 9.17) is 11.6 Å². The van der Waals surface area contributed by atoms with Crippen molar-refractivity contribution in [3.05, 3.63) is 57.5 Å². The molecule has 0 saturated heterocycles. The summed E-state index contributed by atoms with van der Waals surface area (Å²) >= 11 is 9.06. The molecule has 0 heterocycles. The molecule has 0 aliphatic heterocycles. The average molecular weight is 311 g/mol. The first-order chi connectivity index (χ1) is 8.15. The topological polar surface area (TPSA) is 32.6 Å². The van der Waals surface area contributed by atoms with Gasteiger partial charge < -0.3 is 5.11 Å². The van der Waals surface area contributed by atoms with Crippen LogP contribution in [-0.2, 0) is 0 Å². The second-order valence-electron chi connectivity index (χ2n) is 3.44. The van der Waals surface area contributed by atoms with Crippen molar-refractivity contribution in [2.45, 2.75) is 0 Å². The Morgan fingerprint density at radius 2 is 1.82 bits per heavy atom. The van der Waals surface area contributed by atoms with E-state index in [1.165, 1.54) is 0 Å². The van der Waals surface area contributed by atoms with Gasteiger partial charge in [-0.1, -0.05) is 27.5 Å². The van der Waals surface area contributed by atoms with Gasteiger partial charge in [-0.15, -0.1) is 0 Å². The Balaban J connectivity index is 2.23. The Hall–Kier alpha value is -1.32. The molecule has 0 radical (unpaired) electrons.